The van der Waals surface area contributed by atoms with Crippen LogP contribution in [0, 0.1) is 0 Å². The van der Waals surface area contributed by atoms with Crippen LogP contribution in [0.3, 0.4) is 0 Å². The number of phenolic OH excluding ortho intramolecular Hbond substituents is 5. The van der Waals surface area contributed by atoms with Gasteiger partial charge in [-0.25, -0.2) is 4.79 Å². The Kier molecular flexibility index (Phi) is 11.6. The Hall–Kier alpha value is -5.35. The number of carbonyl (C=O) groups excluding carboxylic acids is 1. The smallest absolute Gasteiger partial charge is 0.330 e. The van der Waals surface area contributed by atoms with E-state index in [4.69, 9.17) is 28.4 Å². The molecule has 19 heteroatoms. The van der Waals surface area contributed by atoms with Gasteiger partial charge < -0.3 is 89.7 Å². The Balaban J connectivity index is 1.28. The standard InChI is InChI=1S/C36H38O19/c37-12-24-28(44)30(46)32(48)36(54-24)53-23-11-18-21(51-34(23)15-7-19(40)27(43)20(41)8-15)9-17(39)10-22(18)52-35-33(49)31(47)29(45)25(55-35)13-50-26(42)6-3-14-1-4-16(38)5-2-14/h1-11,24-25,28-41,43-49H,12-13H2/b6-3+/t24-,25-,28+,29-,30-,31+,32+,33-,34?,35-,36-/m1/s1. The highest BCUT2D eigenvalue weighted by molar-refractivity contribution is 5.87. The first-order chi connectivity index (χ1) is 26.1. The summed E-state index contributed by atoms with van der Waals surface area (Å²) >= 11 is 0. The Morgan fingerprint density at radius 3 is 1.95 bits per heavy atom. The highest BCUT2D eigenvalue weighted by atomic mass is 16.7. The van der Waals surface area contributed by atoms with Crippen molar-refractivity contribution in [1.29, 1.82) is 0 Å². The molecule has 19 nitrogen and oxygen atoms in total. The van der Waals surface area contributed by atoms with Gasteiger partial charge in [-0.2, -0.15) is 0 Å². The van der Waals surface area contributed by atoms with Gasteiger partial charge in [0.05, 0.1) is 12.2 Å². The van der Waals surface area contributed by atoms with E-state index in [2.05, 4.69) is 0 Å². The number of aliphatic hydroxyl groups is 7. The number of hydrogen-bond donors (Lipinski definition) is 12. The van der Waals surface area contributed by atoms with Crippen LogP contribution in [0.25, 0.3) is 12.2 Å². The van der Waals surface area contributed by atoms with Gasteiger partial charge in [0.25, 0.3) is 0 Å². The fraction of sp³-hybridized carbons (Fsp3) is 0.361. The average Bonchev–Trinajstić information content (AvgIpc) is 3.16. The number of rotatable bonds is 10. The number of aromatic hydroxyl groups is 5. The molecule has 0 bridgehead atoms. The molecule has 3 aliphatic rings. The SMILES string of the molecule is O=C(/C=C/c1ccc(O)cc1)OC[C@H]1O[C@@H](Oc2cc(O)cc3c2C=C(O[C@@H]2O[C@H](CO)[C@H](O)[C@@H](O)[C@@H]2O)C(c2cc(O)c(O)c(O)c2)O3)[C@H](O)[C@@H](O)[C@@H]1O. The van der Waals surface area contributed by atoms with Crippen LogP contribution in [0.1, 0.15) is 22.8 Å². The highest BCUT2D eigenvalue weighted by Crippen LogP contribution is 2.47. The Morgan fingerprint density at radius 1 is 0.709 bits per heavy atom. The first-order valence-electron chi connectivity index (χ1n) is 16.6. The molecule has 55 heavy (non-hydrogen) atoms. The van der Waals surface area contributed by atoms with Crippen LogP contribution in [0.5, 0.6) is 40.2 Å². The molecule has 12 N–H and O–H groups in total. The van der Waals surface area contributed by atoms with Crippen molar-refractivity contribution in [1.82, 2.24) is 0 Å². The zero-order valence-corrected chi connectivity index (χ0v) is 28.3. The summed E-state index contributed by atoms with van der Waals surface area (Å²) in [7, 11) is 0. The zero-order valence-electron chi connectivity index (χ0n) is 28.3. The van der Waals surface area contributed by atoms with Gasteiger partial charge in [0.1, 0.15) is 84.2 Å². The molecular formula is C36H38O19. The first kappa shape index (κ1) is 39.3. The molecule has 296 valence electrons. The van der Waals surface area contributed by atoms with Gasteiger partial charge in [-0.15, -0.1) is 0 Å². The molecule has 3 aromatic rings. The number of hydrogen-bond acceptors (Lipinski definition) is 19. The summed E-state index contributed by atoms with van der Waals surface area (Å²) in [5.74, 6) is -4.42. The maximum atomic E-state index is 12.4. The van der Waals surface area contributed by atoms with E-state index in [1.54, 1.807) is 12.1 Å². The third-order valence-electron chi connectivity index (χ3n) is 8.98. The lowest BCUT2D eigenvalue weighted by molar-refractivity contribution is -0.293. The summed E-state index contributed by atoms with van der Waals surface area (Å²) in [4.78, 5) is 12.4. The molecular weight excluding hydrogens is 736 g/mol. The van der Waals surface area contributed by atoms with E-state index in [9.17, 15) is 66.1 Å². The summed E-state index contributed by atoms with van der Waals surface area (Å²) in [6, 6.07) is 10.1. The van der Waals surface area contributed by atoms with E-state index in [0.717, 1.165) is 30.3 Å². The lowest BCUT2D eigenvalue weighted by Gasteiger charge is -2.41. The number of benzene rings is 3. The van der Waals surface area contributed by atoms with E-state index in [1.807, 2.05) is 0 Å². The second kappa shape index (κ2) is 16.2. The molecule has 11 atom stereocenters. The topological polar surface area (TPSA) is 315 Å². The van der Waals surface area contributed by atoms with E-state index in [-0.39, 0.29) is 34.1 Å². The number of phenols is 5. The van der Waals surface area contributed by atoms with Gasteiger partial charge in [-0.1, -0.05) is 12.1 Å². The maximum Gasteiger partial charge on any atom is 0.330 e. The van der Waals surface area contributed by atoms with Crippen molar-refractivity contribution in [3.05, 3.63) is 77.1 Å². The van der Waals surface area contributed by atoms with Crippen LogP contribution in [0.15, 0.2) is 60.4 Å². The molecule has 0 radical (unpaired) electrons. The number of carbonyl (C=O) groups is 1. The fourth-order valence-electron chi connectivity index (χ4n) is 5.97. The van der Waals surface area contributed by atoms with Crippen LogP contribution in [-0.2, 0) is 23.7 Å². The highest BCUT2D eigenvalue weighted by Gasteiger charge is 2.47. The van der Waals surface area contributed by atoms with Crippen LogP contribution in [0.2, 0.25) is 0 Å². The molecule has 0 aliphatic carbocycles. The minimum Gasteiger partial charge on any atom is -0.508 e. The molecule has 0 spiro atoms. The number of esters is 1. The fourth-order valence-corrected chi connectivity index (χ4v) is 5.97. The van der Waals surface area contributed by atoms with Crippen molar-refractivity contribution in [2.75, 3.05) is 13.2 Å². The molecule has 6 rings (SSSR count). The molecule has 3 aromatic carbocycles. The van der Waals surface area contributed by atoms with Gasteiger partial charge in [-0.3, -0.25) is 0 Å². The molecule has 3 aliphatic heterocycles. The van der Waals surface area contributed by atoms with E-state index < -0.39 is 110 Å². The van der Waals surface area contributed by atoms with Crippen molar-refractivity contribution >= 4 is 18.1 Å². The minimum atomic E-state index is -1.91. The molecule has 0 aromatic heterocycles. The molecule has 3 heterocycles. The van der Waals surface area contributed by atoms with E-state index in [0.29, 0.717) is 5.56 Å². The number of aliphatic hydroxyl groups excluding tert-OH is 7. The van der Waals surface area contributed by atoms with Gasteiger partial charge >= 0.3 is 5.97 Å². The zero-order chi connectivity index (χ0) is 39.7. The van der Waals surface area contributed by atoms with Crippen molar-refractivity contribution in [2.24, 2.45) is 0 Å². The maximum absolute atomic E-state index is 12.4. The Morgan fingerprint density at radius 2 is 1.31 bits per heavy atom. The minimum absolute atomic E-state index is 0.0258. The second-order valence-electron chi connectivity index (χ2n) is 12.8. The average molecular weight is 775 g/mol. The Labute approximate surface area is 310 Å². The third kappa shape index (κ3) is 8.34. The predicted molar refractivity (Wildman–Crippen MR) is 181 cm³/mol. The lowest BCUT2D eigenvalue weighted by atomic mass is 9.98. The lowest BCUT2D eigenvalue weighted by Crippen LogP contribution is -2.60. The quantitative estimate of drug-likeness (QED) is 0.0664. The van der Waals surface area contributed by atoms with E-state index >= 15 is 0 Å². The van der Waals surface area contributed by atoms with Crippen molar-refractivity contribution in [3.63, 3.8) is 0 Å². The summed E-state index contributed by atoms with van der Waals surface area (Å²) in [6.45, 7) is -1.40. The Bertz CT molecular complexity index is 1890. The van der Waals surface area contributed by atoms with Crippen molar-refractivity contribution < 1.29 is 94.5 Å². The molecule has 2 fully saturated rings. The largest absolute Gasteiger partial charge is 0.508 e. The summed E-state index contributed by atoms with van der Waals surface area (Å²) in [5.41, 5.74) is 0.466. The number of ether oxygens (including phenoxy) is 6. The molecule has 1 unspecified atom stereocenters. The molecule has 0 amide bonds. The molecule has 0 saturated carbocycles. The van der Waals surface area contributed by atoms with E-state index in [1.165, 1.54) is 24.3 Å². The monoisotopic (exact) mass is 774 g/mol. The third-order valence-corrected chi connectivity index (χ3v) is 8.98. The van der Waals surface area contributed by atoms with Crippen LogP contribution in [0.4, 0.5) is 0 Å². The summed E-state index contributed by atoms with van der Waals surface area (Å²) in [5, 5.41) is 124. The van der Waals surface area contributed by atoms with Crippen molar-refractivity contribution in [3.8, 4) is 40.2 Å². The van der Waals surface area contributed by atoms with Gasteiger partial charge in [0.2, 0.25) is 12.6 Å². The van der Waals surface area contributed by atoms with Crippen LogP contribution >= 0.6 is 0 Å². The van der Waals surface area contributed by atoms with Crippen LogP contribution < -0.4 is 9.47 Å². The summed E-state index contributed by atoms with van der Waals surface area (Å²) in [6.07, 6.45) is -15.2. The van der Waals surface area contributed by atoms with Crippen LogP contribution in [-0.4, -0.2) is 142 Å². The van der Waals surface area contributed by atoms with Gasteiger partial charge in [0.15, 0.2) is 23.4 Å². The molecule has 2 saturated heterocycles. The van der Waals surface area contributed by atoms with Gasteiger partial charge in [-0.05, 0) is 42.0 Å². The summed E-state index contributed by atoms with van der Waals surface area (Å²) < 4.78 is 34.2. The second-order valence-corrected chi connectivity index (χ2v) is 12.8. The first-order valence-corrected chi connectivity index (χ1v) is 16.6. The van der Waals surface area contributed by atoms with Crippen molar-refractivity contribution in [2.45, 2.75) is 67.5 Å². The number of fused-ring (bicyclic) bond motifs is 1. The predicted octanol–water partition coefficient (Wildman–Crippen LogP) is -1.05. The normalized spacial score (nSPS) is 30.5. The van der Waals surface area contributed by atoms with Gasteiger partial charge in [0, 0.05) is 23.8 Å².